The molecule has 0 saturated heterocycles. The minimum absolute atomic E-state index is 0.229. The summed E-state index contributed by atoms with van der Waals surface area (Å²) in [6.07, 6.45) is 0.328. The Morgan fingerprint density at radius 1 is 1.50 bits per heavy atom. The van der Waals surface area contributed by atoms with E-state index in [0.717, 1.165) is 11.3 Å². The van der Waals surface area contributed by atoms with Crippen LogP contribution >= 0.6 is 11.6 Å². The Labute approximate surface area is 113 Å². The molecule has 0 atom stereocenters. The Kier molecular flexibility index (Phi) is 5.72. The predicted octanol–water partition coefficient (Wildman–Crippen LogP) is 3.12. The summed E-state index contributed by atoms with van der Waals surface area (Å²) in [5, 5.41) is 0.543. The second kappa shape index (κ2) is 7.07. The Balaban J connectivity index is 2.77. The van der Waals surface area contributed by atoms with Gasteiger partial charge in [-0.15, -0.1) is 0 Å². The van der Waals surface area contributed by atoms with Crippen molar-refractivity contribution in [2.24, 2.45) is 0 Å². The number of anilines is 1. The van der Waals surface area contributed by atoms with Gasteiger partial charge in [0.15, 0.2) is 0 Å². The smallest absolute Gasteiger partial charge is 0.307 e. The van der Waals surface area contributed by atoms with E-state index in [1.165, 1.54) is 7.11 Å². The highest BCUT2D eigenvalue weighted by atomic mass is 35.5. The summed E-state index contributed by atoms with van der Waals surface area (Å²) in [5.74, 6) is -0.229. The van der Waals surface area contributed by atoms with Crippen LogP contribution in [0.5, 0.6) is 0 Å². The molecular weight excluding hydrogens is 250 g/mol. The minimum Gasteiger partial charge on any atom is -0.469 e. The Bertz CT molecular complexity index is 432. The van der Waals surface area contributed by atoms with E-state index in [9.17, 15) is 4.79 Å². The molecule has 18 heavy (non-hydrogen) atoms. The van der Waals surface area contributed by atoms with Crippen LogP contribution in [0.1, 0.15) is 12.0 Å². The molecule has 0 N–H and O–H groups in total. The van der Waals surface area contributed by atoms with Crippen LogP contribution in [0, 0.1) is 6.92 Å². The van der Waals surface area contributed by atoms with Crippen LogP contribution in [0.15, 0.2) is 35.9 Å². The van der Waals surface area contributed by atoms with Crippen molar-refractivity contribution in [3.8, 4) is 0 Å². The Morgan fingerprint density at radius 2 is 2.22 bits per heavy atom. The molecule has 0 saturated carbocycles. The van der Waals surface area contributed by atoms with Crippen LogP contribution in [0.4, 0.5) is 5.69 Å². The first-order valence-corrected chi connectivity index (χ1v) is 6.12. The third-order valence-corrected chi connectivity index (χ3v) is 2.66. The van der Waals surface area contributed by atoms with Gasteiger partial charge in [0.05, 0.1) is 20.1 Å². The number of carbonyl (C=O) groups is 1. The van der Waals surface area contributed by atoms with E-state index in [-0.39, 0.29) is 5.97 Å². The lowest BCUT2D eigenvalue weighted by Crippen LogP contribution is -2.27. The van der Waals surface area contributed by atoms with Crippen molar-refractivity contribution < 1.29 is 9.53 Å². The number of esters is 1. The summed E-state index contributed by atoms with van der Waals surface area (Å²) < 4.78 is 4.64. The number of ether oxygens (including phenoxy) is 1. The summed E-state index contributed by atoms with van der Waals surface area (Å²) in [4.78, 5) is 13.2. The molecule has 4 heteroatoms. The molecule has 0 spiro atoms. The lowest BCUT2D eigenvalue weighted by molar-refractivity contribution is -0.140. The first-order chi connectivity index (χ1) is 8.52. The van der Waals surface area contributed by atoms with Crippen LogP contribution in [0.25, 0.3) is 0 Å². The molecular formula is C14H18ClNO2. The predicted molar refractivity (Wildman–Crippen MR) is 75.0 cm³/mol. The van der Waals surface area contributed by atoms with E-state index >= 15 is 0 Å². The van der Waals surface area contributed by atoms with Crippen LogP contribution in [0.3, 0.4) is 0 Å². The fourth-order valence-electron chi connectivity index (χ4n) is 1.66. The fourth-order valence-corrected chi connectivity index (χ4v) is 1.80. The highest BCUT2D eigenvalue weighted by Gasteiger charge is 2.10. The zero-order chi connectivity index (χ0) is 13.5. The molecule has 98 valence electrons. The molecule has 1 aromatic carbocycles. The highest BCUT2D eigenvalue weighted by Crippen LogP contribution is 2.18. The lowest BCUT2D eigenvalue weighted by Gasteiger charge is -2.24. The van der Waals surface area contributed by atoms with Gasteiger partial charge in [0, 0.05) is 17.3 Å². The maximum absolute atomic E-state index is 11.2. The van der Waals surface area contributed by atoms with Crippen molar-refractivity contribution in [1.82, 2.24) is 0 Å². The maximum Gasteiger partial charge on any atom is 0.307 e. The third-order valence-electron chi connectivity index (χ3n) is 2.54. The summed E-state index contributed by atoms with van der Waals surface area (Å²) >= 11 is 5.86. The molecule has 0 aliphatic carbocycles. The van der Waals surface area contributed by atoms with Crippen molar-refractivity contribution in [3.63, 3.8) is 0 Å². The molecule has 0 unspecified atom stereocenters. The van der Waals surface area contributed by atoms with Crippen molar-refractivity contribution >= 4 is 23.3 Å². The standard InChI is InChI=1S/C14H18ClNO2/c1-11-5-4-6-13(9-11)16(10-12(2)15)8-7-14(17)18-3/h4-6,9H,2,7-8,10H2,1,3H3. The average molecular weight is 268 g/mol. The molecule has 0 heterocycles. The molecule has 3 nitrogen and oxygen atoms in total. The van der Waals surface area contributed by atoms with E-state index in [1.54, 1.807) is 0 Å². The van der Waals surface area contributed by atoms with Crippen molar-refractivity contribution in [1.29, 1.82) is 0 Å². The SMILES string of the molecule is C=C(Cl)CN(CCC(=O)OC)c1cccc(C)c1. The summed E-state index contributed by atoms with van der Waals surface area (Å²) in [5.41, 5.74) is 2.19. The van der Waals surface area contributed by atoms with Crippen LogP contribution in [-0.4, -0.2) is 26.2 Å². The third kappa shape index (κ3) is 4.80. The Morgan fingerprint density at radius 3 is 2.78 bits per heavy atom. The topological polar surface area (TPSA) is 29.5 Å². The fraction of sp³-hybridized carbons (Fsp3) is 0.357. The lowest BCUT2D eigenvalue weighted by atomic mass is 10.2. The Hall–Kier alpha value is -1.48. The highest BCUT2D eigenvalue weighted by molar-refractivity contribution is 6.29. The molecule has 1 aromatic rings. The average Bonchev–Trinajstić information content (AvgIpc) is 2.33. The number of halogens is 1. The van der Waals surface area contributed by atoms with Gasteiger partial charge in [-0.25, -0.2) is 0 Å². The summed E-state index contributed by atoms with van der Waals surface area (Å²) in [7, 11) is 1.39. The van der Waals surface area contributed by atoms with Crippen molar-refractivity contribution in [2.75, 3.05) is 25.1 Å². The number of methoxy groups -OCH3 is 1. The first-order valence-electron chi connectivity index (χ1n) is 5.74. The zero-order valence-electron chi connectivity index (χ0n) is 10.8. The molecule has 1 rings (SSSR count). The van der Waals surface area contributed by atoms with E-state index in [0.29, 0.717) is 24.5 Å². The minimum atomic E-state index is -0.229. The van der Waals surface area contributed by atoms with Gasteiger partial charge < -0.3 is 9.64 Å². The van der Waals surface area contributed by atoms with Gasteiger partial charge in [0.1, 0.15) is 0 Å². The van der Waals surface area contributed by atoms with Crippen molar-refractivity contribution in [2.45, 2.75) is 13.3 Å². The zero-order valence-corrected chi connectivity index (χ0v) is 11.5. The molecule has 0 amide bonds. The van der Waals surface area contributed by atoms with Gasteiger partial charge >= 0.3 is 5.97 Å². The first kappa shape index (κ1) is 14.6. The largest absolute Gasteiger partial charge is 0.469 e. The van der Waals surface area contributed by atoms with Crippen LogP contribution in [0.2, 0.25) is 0 Å². The normalized spacial score (nSPS) is 9.94. The number of carbonyl (C=O) groups excluding carboxylic acids is 1. The number of aryl methyl sites for hydroxylation is 1. The molecule has 0 bridgehead atoms. The molecule has 0 aliphatic rings. The summed E-state index contributed by atoms with van der Waals surface area (Å²) in [6.45, 7) is 6.80. The second-order valence-electron chi connectivity index (χ2n) is 4.10. The molecule has 0 aromatic heterocycles. The van der Waals surface area contributed by atoms with Gasteiger partial charge in [0.2, 0.25) is 0 Å². The van der Waals surface area contributed by atoms with Crippen molar-refractivity contribution in [3.05, 3.63) is 41.4 Å². The number of hydrogen-bond acceptors (Lipinski definition) is 3. The van der Waals surface area contributed by atoms with Crippen LogP contribution < -0.4 is 4.90 Å². The molecule has 0 fully saturated rings. The van der Waals surface area contributed by atoms with Gasteiger partial charge in [-0.3, -0.25) is 4.79 Å². The van der Waals surface area contributed by atoms with Gasteiger partial charge in [-0.1, -0.05) is 30.3 Å². The van der Waals surface area contributed by atoms with E-state index in [1.807, 2.05) is 30.0 Å². The number of rotatable bonds is 6. The van der Waals surface area contributed by atoms with Gasteiger partial charge in [-0.05, 0) is 24.6 Å². The monoisotopic (exact) mass is 267 g/mol. The number of hydrogen-bond donors (Lipinski definition) is 0. The second-order valence-corrected chi connectivity index (χ2v) is 4.64. The molecule has 0 aliphatic heterocycles. The van der Waals surface area contributed by atoms with Crippen LogP contribution in [-0.2, 0) is 9.53 Å². The van der Waals surface area contributed by atoms with E-state index < -0.39 is 0 Å². The summed E-state index contributed by atoms with van der Waals surface area (Å²) in [6, 6.07) is 8.05. The van der Waals surface area contributed by atoms with Gasteiger partial charge in [0.25, 0.3) is 0 Å². The molecule has 0 radical (unpaired) electrons. The number of benzene rings is 1. The number of nitrogens with zero attached hydrogens (tertiary/aromatic N) is 1. The quantitative estimate of drug-likeness (QED) is 0.742. The van der Waals surface area contributed by atoms with E-state index in [2.05, 4.69) is 17.4 Å². The maximum atomic E-state index is 11.2. The van der Waals surface area contributed by atoms with Gasteiger partial charge in [-0.2, -0.15) is 0 Å². The van der Waals surface area contributed by atoms with E-state index in [4.69, 9.17) is 11.6 Å².